The number of ether oxygens (including phenoxy) is 2. The van der Waals surface area contributed by atoms with Crippen LogP contribution in [0.5, 0.6) is 0 Å². The molecule has 0 aliphatic heterocycles. The molecule has 0 aromatic carbocycles. The van der Waals surface area contributed by atoms with Crippen molar-refractivity contribution in [3.8, 4) is 0 Å². The third kappa shape index (κ3) is 5.88. The van der Waals surface area contributed by atoms with Gasteiger partial charge in [0.1, 0.15) is 4.33 Å². The quantitative estimate of drug-likeness (QED) is 0.190. The zero-order chi connectivity index (χ0) is 27.5. The Balaban J connectivity index is 1.08. The number of hydrogen-bond acceptors (Lipinski definition) is 3. The largest absolute Gasteiger partial charge is 0.378 e. The van der Waals surface area contributed by atoms with E-state index in [0.717, 1.165) is 88.3 Å². The van der Waals surface area contributed by atoms with Crippen LogP contribution in [0.4, 0.5) is 0 Å². The number of hydrogen-bond donors (Lipinski definition) is 0. The molecule has 0 unspecified atom stereocenters. The molecule has 5 aliphatic carbocycles. The maximum absolute atomic E-state index is 14.0. The molecule has 0 amide bonds. The third-order valence-corrected chi connectivity index (χ3v) is 13.8. The fourth-order valence-electron chi connectivity index (χ4n) is 9.67. The van der Waals surface area contributed by atoms with Crippen molar-refractivity contribution in [3.63, 3.8) is 0 Å². The monoisotopic (exact) mass is 582 g/mol. The minimum Gasteiger partial charge on any atom is -0.378 e. The van der Waals surface area contributed by atoms with E-state index in [4.69, 9.17) is 32.7 Å². The van der Waals surface area contributed by atoms with E-state index in [-0.39, 0.29) is 0 Å². The maximum Gasteiger partial charge on any atom is 0.151 e. The Kier molecular flexibility index (Phi) is 10.4. The first-order valence-corrected chi connectivity index (χ1v) is 17.8. The first-order valence-electron chi connectivity index (χ1n) is 17.0. The number of halogens is 2. The average molecular weight is 584 g/mol. The van der Waals surface area contributed by atoms with Gasteiger partial charge in [0.2, 0.25) is 0 Å². The summed E-state index contributed by atoms with van der Waals surface area (Å²) in [5, 5.41) is 0. The van der Waals surface area contributed by atoms with Gasteiger partial charge in [-0.15, -0.1) is 0 Å². The molecule has 5 saturated carbocycles. The molecule has 0 N–H and O–H groups in total. The van der Waals surface area contributed by atoms with Crippen LogP contribution in [-0.4, -0.2) is 35.5 Å². The molecule has 0 heterocycles. The summed E-state index contributed by atoms with van der Waals surface area (Å²) in [6.45, 7) is 6.30. The molecule has 3 nitrogen and oxygen atoms in total. The van der Waals surface area contributed by atoms with E-state index in [1.807, 2.05) is 0 Å². The zero-order valence-corrected chi connectivity index (χ0v) is 26.5. The van der Waals surface area contributed by atoms with Gasteiger partial charge in [-0.05, 0) is 139 Å². The summed E-state index contributed by atoms with van der Waals surface area (Å²) in [5.41, 5.74) is -0.957. The molecule has 0 aromatic heterocycles. The molecule has 5 rings (SSSR count). The molecule has 0 saturated heterocycles. The van der Waals surface area contributed by atoms with Crippen molar-refractivity contribution in [1.29, 1.82) is 0 Å². The molecule has 0 aromatic rings. The first kappa shape index (κ1) is 30.6. The van der Waals surface area contributed by atoms with Gasteiger partial charge in [-0.3, -0.25) is 4.79 Å². The van der Waals surface area contributed by atoms with Gasteiger partial charge >= 0.3 is 0 Å². The van der Waals surface area contributed by atoms with E-state index in [9.17, 15) is 4.79 Å². The van der Waals surface area contributed by atoms with Crippen LogP contribution in [0.15, 0.2) is 0 Å². The molecule has 5 heteroatoms. The highest BCUT2D eigenvalue weighted by molar-refractivity contribution is 6.55. The topological polar surface area (TPSA) is 35.5 Å². The van der Waals surface area contributed by atoms with Gasteiger partial charge in [0.05, 0.1) is 23.0 Å². The lowest BCUT2D eigenvalue weighted by molar-refractivity contribution is -0.173. The predicted molar refractivity (Wildman–Crippen MR) is 161 cm³/mol. The lowest BCUT2D eigenvalue weighted by Crippen LogP contribution is -2.74. The summed E-state index contributed by atoms with van der Waals surface area (Å²) < 4.78 is 11.3. The second-order valence-electron chi connectivity index (χ2n) is 14.3. The maximum atomic E-state index is 14.0. The van der Waals surface area contributed by atoms with Crippen molar-refractivity contribution >= 4 is 29.0 Å². The van der Waals surface area contributed by atoms with E-state index >= 15 is 0 Å². The molecule has 5 aliphatic rings. The highest BCUT2D eigenvalue weighted by atomic mass is 35.5. The van der Waals surface area contributed by atoms with Gasteiger partial charge in [-0.25, -0.2) is 0 Å². The number of rotatable bonds is 10. The van der Waals surface area contributed by atoms with Crippen molar-refractivity contribution in [2.45, 2.75) is 159 Å². The first-order chi connectivity index (χ1) is 18.9. The van der Waals surface area contributed by atoms with Crippen LogP contribution in [0.2, 0.25) is 0 Å². The molecule has 2 spiro atoms. The van der Waals surface area contributed by atoms with Gasteiger partial charge in [0, 0.05) is 13.2 Å². The molecular weight excluding hydrogens is 527 g/mol. The Hall–Kier alpha value is 0.170. The Morgan fingerprint density at radius 1 is 0.590 bits per heavy atom. The predicted octanol–water partition coefficient (Wildman–Crippen LogP) is 9.85. The van der Waals surface area contributed by atoms with Gasteiger partial charge in [-0.2, -0.15) is 0 Å². The molecule has 224 valence electrons. The zero-order valence-electron chi connectivity index (χ0n) is 25.0. The van der Waals surface area contributed by atoms with Crippen molar-refractivity contribution in [3.05, 3.63) is 0 Å². The van der Waals surface area contributed by atoms with Crippen molar-refractivity contribution in [2.75, 3.05) is 13.2 Å². The number of unbranched alkanes of at least 4 members (excludes halogenated alkanes) is 2. The van der Waals surface area contributed by atoms with E-state index < -0.39 is 15.2 Å². The number of ketones is 1. The second kappa shape index (κ2) is 13.2. The van der Waals surface area contributed by atoms with Crippen LogP contribution in [0.1, 0.15) is 142 Å². The number of carbonyl (C=O) groups is 1. The SMILES string of the molecule is CCCCO[C@H]1CC[C@H](C2CCC3(CC2)C(=O)C2(CCC([C@H]4CC[C@H](OCCCC)CC4)CC2)C3(Cl)Cl)CC1. The van der Waals surface area contributed by atoms with Crippen LogP contribution < -0.4 is 0 Å². The van der Waals surface area contributed by atoms with E-state index in [1.165, 1.54) is 77.0 Å². The minimum absolute atomic E-state index is 0.443. The molecular formula is C34H56Cl2O3. The van der Waals surface area contributed by atoms with Crippen molar-refractivity contribution in [1.82, 2.24) is 0 Å². The van der Waals surface area contributed by atoms with E-state index in [2.05, 4.69) is 13.8 Å². The Bertz CT molecular complexity index is 718. The van der Waals surface area contributed by atoms with Crippen LogP contribution >= 0.6 is 23.2 Å². The smallest absolute Gasteiger partial charge is 0.151 e. The van der Waals surface area contributed by atoms with Gasteiger partial charge in [0.15, 0.2) is 5.78 Å². The Labute approximate surface area is 249 Å². The second-order valence-corrected chi connectivity index (χ2v) is 15.6. The van der Waals surface area contributed by atoms with Crippen LogP contribution in [0, 0.1) is 34.5 Å². The Morgan fingerprint density at radius 2 is 0.923 bits per heavy atom. The van der Waals surface area contributed by atoms with E-state index in [1.54, 1.807) is 0 Å². The van der Waals surface area contributed by atoms with Gasteiger partial charge in [0.25, 0.3) is 0 Å². The van der Waals surface area contributed by atoms with Crippen molar-refractivity contribution in [2.24, 2.45) is 34.5 Å². The Morgan fingerprint density at radius 3 is 1.23 bits per heavy atom. The normalized spacial score (nSPS) is 42.5. The van der Waals surface area contributed by atoms with Crippen LogP contribution in [-0.2, 0) is 14.3 Å². The van der Waals surface area contributed by atoms with Crippen LogP contribution in [0.3, 0.4) is 0 Å². The lowest BCUT2D eigenvalue weighted by Gasteiger charge is -2.67. The van der Waals surface area contributed by atoms with Crippen LogP contribution in [0.25, 0.3) is 0 Å². The van der Waals surface area contributed by atoms with E-state index in [0.29, 0.717) is 18.0 Å². The molecule has 39 heavy (non-hydrogen) atoms. The standard InChI is InChI=1S/C34H56Cl2O3/c1-3-5-23-38-29-11-7-25(8-12-29)27-15-19-32(20-16-27)31(37)33(34(32,35)36)21-17-28(18-22-33)26-9-13-30(14-10-26)39-24-6-4-2/h25-30H,3-24H2,1-2H3/t25-,26-,27?,28?,29-,30-,32?,33?. The molecule has 5 fully saturated rings. The van der Waals surface area contributed by atoms with Gasteiger partial charge in [-0.1, -0.05) is 49.9 Å². The van der Waals surface area contributed by atoms with Gasteiger partial charge < -0.3 is 9.47 Å². The lowest BCUT2D eigenvalue weighted by atomic mass is 9.41. The molecule has 0 radical (unpaired) electrons. The number of Topliss-reactive ketones (excluding diaryl/α,β-unsaturated/α-hetero) is 1. The summed E-state index contributed by atoms with van der Waals surface area (Å²) in [7, 11) is 0. The molecule has 0 bridgehead atoms. The fourth-order valence-corrected chi connectivity index (χ4v) is 10.8. The third-order valence-electron chi connectivity index (χ3n) is 12.3. The number of carbonyl (C=O) groups excluding carboxylic acids is 1. The average Bonchev–Trinajstić information content (AvgIpc) is 2.98. The highest BCUT2D eigenvalue weighted by Gasteiger charge is 2.79. The minimum atomic E-state index is -0.872. The van der Waals surface area contributed by atoms with Crippen molar-refractivity contribution < 1.29 is 14.3 Å². The summed E-state index contributed by atoms with van der Waals surface area (Å²) in [6.07, 6.45) is 23.8. The summed E-state index contributed by atoms with van der Waals surface area (Å²) in [5.74, 6) is 3.49. The number of alkyl halides is 2. The summed E-state index contributed by atoms with van der Waals surface area (Å²) in [6, 6.07) is 0. The fraction of sp³-hybridized carbons (Fsp3) is 0.971. The summed E-state index contributed by atoms with van der Waals surface area (Å²) >= 11 is 14.6. The molecule has 0 atom stereocenters. The highest BCUT2D eigenvalue weighted by Crippen LogP contribution is 2.75. The summed E-state index contributed by atoms with van der Waals surface area (Å²) in [4.78, 5) is 14.0.